The zero-order chi connectivity index (χ0) is 19.8. The summed E-state index contributed by atoms with van der Waals surface area (Å²) < 4.78 is 0. The minimum atomic E-state index is -0.330. The summed E-state index contributed by atoms with van der Waals surface area (Å²) in [6.45, 7) is 2.29. The molecule has 0 aromatic rings. The first-order valence-corrected chi connectivity index (χ1v) is 12.2. The van der Waals surface area contributed by atoms with Gasteiger partial charge in [-0.15, -0.1) is 0 Å². The second-order valence-corrected chi connectivity index (χ2v) is 8.31. The lowest BCUT2D eigenvalue weighted by atomic mass is 10.0. The van der Waals surface area contributed by atoms with E-state index < -0.39 is 0 Å². The molecule has 160 valence electrons. The average molecular weight is 380 g/mol. The average Bonchev–Trinajstić information content (AvgIpc) is 2.65. The van der Waals surface area contributed by atoms with Crippen LogP contribution in [0.5, 0.6) is 0 Å². The summed E-state index contributed by atoms with van der Waals surface area (Å²) in [5.41, 5.74) is 5.06. The highest BCUT2D eigenvalue weighted by atomic mass is 16.1. The fourth-order valence-corrected chi connectivity index (χ4v) is 3.72. The van der Waals surface area contributed by atoms with Gasteiger partial charge < -0.3 is 5.73 Å². The molecule has 0 heterocycles. The quantitative estimate of drug-likeness (QED) is 0.149. The monoisotopic (exact) mass is 379 g/mol. The van der Waals surface area contributed by atoms with Gasteiger partial charge in [0.25, 0.3) is 0 Å². The summed E-state index contributed by atoms with van der Waals surface area (Å²) in [7, 11) is 0. The predicted molar refractivity (Wildman–Crippen MR) is 121 cm³/mol. The summed E-state index contributed by atoms with van der Waals surface area (Å²) in [4.78, 5) is 10.5. The first kappa shape index (κ1) is 26.2. The van der Waals surface area contributed by atoms with E-state index in [1.54, 1.807) is 0 Å². The van der Waals surface area contributed by atoms with Crippen LogP contribution < -0.4 is 5.73 Å². The number of nitrogens with two attached hydrogens (primary N) is 1. The maximum absolute atomic E-state index is 10.5. The number of unbranched alkanes of at least 4 members (excludes halogenated alkanes) is 20. The second kappa shape index (κ2) is 23.2. The Kier molecular flexibility index (Phi) is 22.6. The summed E-state index contributed by atoms with van der Waals surface area (Å²) in [6, 6.07) is 0. The lowest BCUT2D eigenvalue weighted by molar-refractivity contribution is -0.113. The van der Waals surface area contributed by atoms with Gasteiger partial charge >= 0.3 is 0 Å². The van der Waals surface area contributed by atoms with E-state index in [2.05, 4.69) is 6.92 Å². The van der Waals surface area contributed by atoms with E-state index in [0.717, 1.165) is 6.42 Å². The minimum absolute atomic E-state index is 0.330. The molecular formula is C25H49NO. The number of primary amides is 1. The molecule has 0 spiro atoms. The van der Waals surface area contributed by atoms with E-state index in [4.69, 9.17) is 5.73 Å². The number of rotatable bonds is 22. The number of carbonyl (C=O) groups is 1. The van der Waals surface area contributed by atoms with Crippen LogP contribution in [0.2, 0.25) is 0 Å². The molecule has 2 nitrogen and oxygen atoms in total. The van der Waals surface area contributed by atoms with Crippen molar-refractivity contribution in [2.24, 2.45) is 5.73 Å². The zero-order valence-electron chi connectivity index (χ0n) is 18.5. The van der Waals surface area contributed by atoms with E-state index in [0.29, 0.717) is 0 Å². The van der Waals surface area contributed by atoms with Crippen molar-refractivity contribution in [3.63, 3.8) is 0 Å². The van der Waals surface area contributed by atoms with Crippen LogP contribution >= 0.6 is 0 Å². The van der Waals surface area contributed by atoms with Gasteiger partial charge in [-0.25, -0.2) is 0 Å². The summed E-state index contributed by atoms with van der Waals surface area (Å²) in [6.07, 6.45) is 32.6. The van der Waals surface area contributed by atoms with Gasteiger partial charge in [0.15, 0.2) is 0 Å². The van der Waals surface area contributed by atoms with Crippen LogP contribution in [0.15, 0.2) is 12.2 Å². The van der Waals surface area contributed by atoms with Crippen molar-refractivity contribution in [3.05, 3.63) is 12.2 Å². The third-order valence-electron chi connectivity index (χ3n) is 5.51. The molecule has 0 fully saturated rings. The highest BCUT2D eigenvalue weighted by molar-refractivity contribution is 5.85. The van der Waals surface area contributed by atoms with Gasteiger partial charge in [-0.05, 0) is 18.9 Å². The lowest BCUT2D eigenvalue weighted by Crippen LogP contribution is -2.05. The second-order valence-electron chi connectivity index (χ2n) is 8.31. The van der Waals surface area contributed by atoms with E-state index in [1.165, 1.54) is 134 Å². The van der Waals surface area contributed by atoms with Crippen molar-refractivity contribution >= 4 is 5.91 Å². The maximum atomic E-state index is 10.5. The predicted octanol–water partition coefficient (Wildman–Crippen LogP) is 8.24. The molecule has 0 aromatic carbocycles. The number of allylic oxidation sites excluding steroid dienone is 1. The first-order chi connectivity index (χ1) is 13.3. The molecule has 0 saturated heterocycles. The lowest BCUT2D eigenvalue weighted by Gasteiger charge is -2.04. The Morgan fingerprint density at radius 2 is 0.852 bits per heavy atom. The van der Waals surface area contributed by atoms with Crippen LogP contribution in [0.3, 0.4) is 0 Å². The van der Waals surface area contributed by atoms with E-state index in [-0.39, 0.29) is 5.91 Å². The maximum Gasteiger partial charge on any atom is 0.241 e. The van der Waals surface area contributed by atoms with Crippen LogP contribution in [0.25, 0.3) is 0 Å². The van der Waals surface area contributed by atoms with E-state index in [1.807, 2.05) is 6.08 Å². The van der Waals surface area contributed by atoms with Gasteiger partial charge in [0, 0.05) is 0 Å². The molecule has 0 aliphatic rings. The van der Waals surface area contributed by atoms with Crippen molar-refractivity contribution in [1.82, 2.24) is 0 Å². The highest BCUT2D eigenvalue weighted by Crippen LogP contribution is 2.15. The molecule has 0 radical (unpaired) electrons. The first-order valence-electron chi connectivity index (χ1n) is 12.2. The number of hydrogen-bond donors (Lipinski definition) is 1. The van der Waals surface area contributed by atoms with Crippen LogP contribution in [0.4, 0.5) is 0 Å². The van der Waals surface area contributed by atoms with Crippen LogP contribution in [-0.4, -0.2) is 5.91 Å². The molecule has 0 bridgehead atoms. The summed E-state index contributed by atoms with van der Waals surface area (Å²) in [5, 5.41) is 0. The number of carbonyl (C=O) groups excluding carboxylic acids is 1. The molecule has 0 aromatic heterocycles. The fraction of sp³-hybridized carbons (Fsp3) is 0.880. The summed E-state index contributed by atoms with van der Waals surface area (Å²) >= 11 is 0. The highest BCUT2D eigenvalue weighted by Gasteiger charge is 1.95. The van der Waals surface area contributed by atoms with Gasteiger partial charge in [0.05, 0.1) is 0 Å². The van der Waals surface area contributed by atoms with E-state index >= 15 is 0 Å². The van der Waals surface area contributed by atoms with Gasteiger partial charge in [-0.2, -0.15) is 0 Å². The van der Waals surface area contributed by atoms with Crippen molar-refractivity contribution in [1.29, 1.82) is 0 Å². The Morgan fingerprint density at radius 3 is 1.15 bits per heavy atom. The third-order valence-corrected chi connectivity index (χ3v) is 5.51. The largest absolute Gasteiger partial charge is 0.366 e. The van der Waals surface area contributed by atoms with Crippen molar-refractivity contribution < 1.29 is 4.79 Å². The zero-order valence-corrected chi connectivity index (χ0v) is 18.5. The van der Waals surface area contributed by atoms with Gasteiger partial charge in [0.1, 0.15) is 0 Å². The molecule has 1 amide bonds. The van der Waals surface area contributed by atoms with Crippen LogP contribution in [-0.2, 0) is 4.79 Å². The molecular weight excluding hydrogens is 330 g/mol. The standard InChI is InChI=1S/C25H49NO/c1-2-3-4-5-6-7-8-9-10-11-12-13-14-15-16-17-18-19-20-21-22-23-24-25(26)27/h23-24H,2-22H2,1H3,(H2,26,27). The molecule has 2 heteroatoms. The Balaban J connectivity index is 3.02. The topological polar surface area (TPSA) is 43.1 Å². The number of hydrogen-bond acceptors (Lipinski definition) is 1. The van der Waals surface area contributed by atoms with Gasteiger partial charge in [0.2, 0.25) is 5.91 Å². The van der Waals surface area contributed by atoms with Crippen LogP contribution in [0, 0.1) is 0 Å². The molecule has 0 aliphatic carbocycles. The summed E-state index contributed by atoms with van der Waals surface area (Å²) in [5.74, 6) is -0.330. The molecule has 0 saturated carbocycles. The van der Waals surface area contributed by atoms with Crippen molar-refractivity contribution in [2.75, 3.05) is 0 Å². The SMILES string of the molecule is CCCCCCCCCCCCCCCCCCCCCCC=CC(N)=O. The normalized spacial score (nSPS) is 11.4. The van der Waals surface area contributed by atoms with E-state index in [9.17, 15) is 4.79 Å². The Bertz CT molecular complexity index is 324. The molecule has 0 unspecified atom stereocenters. The fourth-order valence-electron chi connectivity index (χ4n) is 3.72. The Hall–Kier alpha value is -0.790. The van der Waals surface area contributed by atoms with Crippen molar-refractivity contribution in [2.45, 2.75) is 142 Å². The molecule has 27 heavy (non-hydrogen) atoms. The molecule has 0 atom stereocenters. The molecule has 2 N–H and O–H groups in total. The number of amides is 1. The van der Waals surface area contributed by atoms with Gasteiger partial charge in [-0.1, -0.05) is 135 Å². The smallest absolute Gasteiger partial charge is 0.241 e. The van der Waals surface area contributed by atoms with Gasteiger partial charge in [-0.3, -0.25) is 4.79 Å². The molecule has 0 aliphatic heterocycles. The van der Waals surface area contributed by atoms with Crippen LogP contribution in [0.1, 0.15) is 142 Å². The Morgan fingerprint density at radius 1 is 0.556 bits per heavy atom. The molecule has 0 rings (SSSR count). The Labute approximate surface area is 170 Å². The third kappa shape index (κ3) is 25.2. The minimum Gasteiger partial charge on any atom is -0.366 e. The van der Waals surface area contributed by atoms with Crippen molar-refractivity contribution in [3.8, 4) is 0 Å².